The van der Waals surface area contributed by atoms with Crippen LogP contribution in [-0.4, -0.2) is 75.3 Å². The summed E-state index contributed by atoms with van der Waals surface area (Å²) in [4.78, 5) is 9.46. The van der Waals surface area contributed by atoms with Crippen molar-refractivity contribution >= 4 is 5.96 Å². The molecule has 2 fully saturated rings. The minimum atomic E-state index is 0.801. The lowest BCUT2D eigenvalue weighted by molar-refractivity contribution is 0.0372. The summed E-state index contributed by atoms with van der Waals surface area (Å²) in [5.74, 6) is 1.88. The van der Waals surface area contributed by atoms with Crippen LogP contribution in [0.5, 0.6) is 0 Å². The molecule has 0 atom stereocenters. The molecule has 2 aliphatic heterocycles. The van der Waals surface area contributed by atoms with Crippen molar-refractivity contribution in [1.82, 2.24) is 15.1 Å². The van der Waals surface area contributed by atoms with Crippen LogP contribution < -0.4 is 5.32 Å². The fourth-order valence-electron chi connectivity index (χ4n) is 4.11. The Kier molecular flexibility index (Phi) is 8.43. The highest BCUT2D eigenvalue weighted by atomic mass is 16.5. The maximum absolute atomic E-state index is 5.41. The van der Waals surface area contributed by atoms with Crippen LogP contribution in [0, 0.1) is 5.92 Å². The van der Waals surface area contributed by atoms with Crippen LogP contribution in [0.3, 0.4) is 0 Å². The quantitative estimate of drug-likeness (QED) is 0.454. The summed E-state index contributed by atoms with van der Waals surface area (Å²) < 4.78 is 5.41. The van der Waals surface area contributed by atoms with E-state index in [4.69, 9.17) is 4.74 Å². The van der Waals surface area contributed by atoms with E-state index < -0.39 is 0 Å². The molecule has 2 aliphatic rings. The van der Waals surface area contributed by atoms with Crippen molar-refractivity contribution in [3.8, 4) is 0 Å². The van der Waals surface area contributed by atoms with E-state index in [0.717, 1.165) is 57.8 Å². The Morgan fingerprint density at radius 2 is 1.81 bits per heavy atom. The molecule has 1 aromatic rings. The molecule has 0 saturated carbocycles. The largest absolute Gasteiger partial charge is 0.379 e. The number of ether oxygens (including phenoxy) is 1. The Morgan fingerprint density at radius 1 is 1.07 bits per heavy atom. The lowest BCUT2D eigenvalue weighted by atomic mass is 9.90. The molecule has 0 radical (unpaired) electrons. The van der Waals surface area contributed by atoms with E-state index in [2.05, 4.69) is 50.4 Å². The van der Waals surface area contributed by atoms with Gasteiger partial charge in [-0.25, -0.2) is 0 Å². The van der Waals surface area contributed by atoms with Gasteiger partial charge in [0.15, 0.2) is 5.96 Å². The maximum Gasteiger partial charge on any atom is 0.193 e. The second-order valence-electron chi connectivity index (χ2n) is 7.76. The second-order valence-corrected chi connectivity index (χ2v) is 7.76. The summed E-state index contributed by atoms with van der Waals surface area (Å²) in [6.07, 6.45) is 6.16. The van der Waals surface area contributed by atoms with Gasteiger partial charge in [-0.2, -0.15) is 0 Å². The summed E-state index contributed by atoms with van der Waals surface area (Å²) in [6.45, 7) is 8.40. The minimum absolute atomic E-state index is 0.801. The van der Waals surface area contributed by atoms with Crippen LogP contribution >= 0.6 is 0 Å². The zero-order chi connectivity index (χ0) is 18.7. The number of nitrogens with zero attached hydrogens (tertiary/aromatic N) is 3. The Hall–Kier alpha value is -1.59. The van der Waals surface area contributed by atoms with Gasteiger partial charge in [-0.3, -0.25) is 9.89 Å². The molecule has 0 aromatic heterocycles. The van der Waals surface area contributed by atoms with E-state index in [-0.39, 0.29) is 0 Å². The average molecular weight is 373 g/mol. The van der Waals surface area contributed by atoms with Crippen molar-refractivity contribution < 1.29 is 4.74 Å². The first-order chi connectivity index (χ1) is 13.3. The van der Waals surface area contributed by atoms with E-state index in [1.165, 1.54) is 44.2 Å². The Labute approximate surface area is 164 Å². The number of hydrogen-bond acceptors (Lipinski definition) is 3. The first kappa shape index (κ1) is 20.2. The lowest BCUT2D eigenvalue weighted by Gasteiger charge is -2.34. The van der Waals surface area contributed by atoms with Crippen LogP contribution in [0.25, 0.3) is 0 Å². The molecule has 150 valence electrons. The third-order valence-electron chi connectivity index (χ3n) is 5.78. The molecule has 0 amide bonds. The number of guanidine groups is 1. The van der Waals surface area contributed by atoms with E-state index in [1.807, 2.05) is 7.05 Å². The van der Waals surface area contributed by atoms with Crippen LogP contribution in [0.15, 0.2) is 35.3 Å². The number of rotatable bonds is 7. The number of aliphatic imine (C=N–C) groups is 1. The number of piperidine rings is 1. The minimum Gasteiger partial charge on any atom is -0.379 e. The molecule has 5 nitrogen and oxygen atoms in total. The molecular weight excluding hydrogens is 336 g/mol. The number of hydrogen-bond donors (Lipinski definition) is 1. The topological polar surface area (TPSA) is 40.1 Å². The van der Waals surface area contributed by atoms with Crippen molar-refractivity contribution in [3.63, 3.8) is 0 Å². The normalized spacial score (nSPS) is 20.0. The Bertz CT molecular complexity index is 549. The highest BCUT2D eigenvalue weighted by molar-refractivity contribution is 5.79. The molecule has 3 rings (SSSR count). The maximum atomic E-state index is 5.41. The molecule has 0 unspecified atom stereocenters. The standard InChI is InChI=1S/C22H36N4O/c1-23-22(24-11-5-6-12-25-15-17-27-18-16-25)26-13-9-21(10-14-26)19-20-7-3-2-4-8-20/h2-4,7-8,21H,5-6,9-19H2,1H3,(H,23,24). The molecule has 5 heteroatoms. The lowest BCUT2D eigenvalue weighted by Crippen LogP contribution is -2.46. The fraction of sp³-hybridized carbons (Fsp3) is 0.682. The number of benzene rings is 1. The third kappa shape index (κ3) is 6.82. The summed E-state index contributed by atoms with van der Waals surface area (Å²) in [5, 5.41) is 3.57. The van der Waals surface area contributed by atoms with Crippen molar-refractivity contribution in [2.24, 2.45) is 10.9 Å². The monoisotopic (exact) mass is 372 g/mol. The zero-order valence-corrected chi connectivity index (χ0v) is 16.9. The highest BCUT2D eigenvalue weighted by Crippen LogP contribution is 2.21. The molecule has 0 aliphatic carbocycles. The van der Waals surface area contributed by atoms with Crippen molar-refractivity contribution in [1.29, 1.82) is 0 Å². The molecular formula is C22H36N4O. The molecule has 1 aromatic carbocycles. The third-order valence-corrected chi connectivity index (χ3v) is 5.78. The summed E-state index contributed by atoms with van der Waals surface area (Å²) >= 11 is 0. The van der Waals surface area contributed by atoms with Gasteiger partial charge in [0, 0.05) is 39.8 Å². The number of unbranched alkanes of at least 4 members (excludes halogenated alkanes) is 1. The van der Waals surface area contributed by atoms with Gasteiger partial charge in [0.2, 0.25) is 0 Å². The zero-order valence-electron chi connectivity index (χ0n) is 16.9. The van der Waals surface area contributed by atoms with Gasteiger partial charge in [0.1, 0.15) is 0 Å². The van der Waals surface area contributed by atoms with Crippen LogP contribution in [0.2, 0.25) is 0 Å². The summed E-state index contributed by atoms with van der Waals surface area (Å²) in [6, 6.07) is 10.9. The van der Waals surface area contributed by atoms with Crippen LogP contribution in [0.4, 0.5) is 0 Å². The van der Waals surface area contributed by atoms with Gasteiger partial charge in [-0.15, -0.1) is 0 Å². The SMILES string of the molecule is CN=C(NCCCCN1CCOCC1)N1CCC(Cc2ccccc2)CC1. The molecule has 0 bridgehead atoms. The molecule has 0 spiro atoms. The van der Waals surface area contributed by atoms with E-state index in [0.29, 0.717) is 0 Å². The van der Waals surface area contributed by atoms with Gasteiger partial charge in [0.05, 0.1) is 13.2 Å². The Morgan fingerprint density at radius 3 is 2.52 bits per heavy atom. The highest BCUT2D eigenvalue weighted by Gasteiger charge is 2.21. The van der Waals surface area contributed by atoms with Crippen molar-refractivity contribution in [2.75, 3.05) is 59.5 Å². The summed E-state index contributed by atoms with van der Waals surface area (Å²) in [7, 11) is 1.91. The van der Waals surface area contributed by atoms with E-state index in [9.17, 15) is 0 Å². The predicted octanol–water partition coefficient (Wildman–Crippen LogP) is 2.63. The van der Waals surface area contributed by atoms with Crippen molar-refractivity contribution in [3.05, 3.63) is 35.9 Å². The first-order valence-corrected chi connectivity index (χ1v) is 10.6. The first-order valence-electron chi connectivity index (χ1n) is 10.6. The smallest absolute Gasteiger partial charge is 0.193 e. The molecule has 2 heterocycles. The van der Waals surface area contributed by atoms with Crippen LogP contribution in [-0.2, 0) is 11.2 Å². The van der Waals surface area contributed by atoms with Crippen LogP contribution in [0.1, 0.15) is 31.2 Å². The van der Waals surface area contributed by atoms with Gasteiger partial charge in [-0.05, 0) is 50.1 Å². The van der Waals surface area contributed by atoms with E-state index >= 15 is 0 Å². The van der Waals surface area contributed by atoms with Gasteiger partial charge in [-0.1, -0.05) is 30.3 Å². The van der Waals surface area contributed by atoms with E-state index in [1.54, 1.807) is 0 Å². The second kappa shape index (κ2) is 11.3. The van der Waals surface area contributed by atoms with Gasteiger partial charge >= 0.3 is 0 Å². The van der Waals surface area contributed by atoms with Gasteiger partial charge in [0.25, 0.3) is 0 Å². The molecule has 1 N–H and O–H groups in total. The average Bonchev–Trinajstić information content (AvgIpc) is 2.73. The number of likely N-dealkylation sites (tertiary alicyclic amines) is 1. The summed E-state index contributed by atoms with van der Waals surface area (Å²) in [5.41, 5.74) is 1.47. The fourth-order valence-corrected chi connectivity index (χ4v) is 4.11. The number of morpholine rings is 1. The van der Waals surface area contributed by atoms with Gasteiger partial charge < -0.3 is 15.0 Å². The molecule has 27 heavy (non-hydrogen) atoms. The predicted molar refractivity (Wildman–Crippen MR) is 112 cm³/mol. The van der Waals surface area contributed by atoms with Crippen molar-refractivity contribution in [2.45, 2.75) is 32.1 Å². The molecule has 2 saturated heterocycles. The number of nitrogens with one attached hydrogen (secondary N) is 1. The Balaban J connectivity index is 1.30.